The molecule has 2 aromatic carbocycles. The van der Waals surface area contributed by atoms with E-state index in [-0.39, 0.29) is 35.8 Å². The zero-order valence-electron chi connectivity index (χ0n) is 35.2. The Kier molecular flexibility index (Phi) is 17.1. The van der Waals surface area contributed by atoms with E-state index in [1.165, 1.54) is 18.2 Å². The second-order valence-electron chi connectivity index (χ2n) is 16.3. The number of hydrogen-bond acceptors (Lipinski definition) is 13. The average molecular weight is 967 g/mol. The Morgan fingerprint density at radius 1 is 0.742 bits per heavy atom. The number of rotatable bonds is 24. The second-order valence-corrected chi connectivity index (χ2v) is 24.1. The fraction of sp³-hybridized carbons (Fsp3) is 0.513. The van der Waals surface area contributed by atoms with Crippen molar-refractivity contribution in [2.24, 2.45) is 5.50 Å². The predicted molar refractivity (Wildman–Crippen MR) is 239 cm³/mol. The minimum absolute atomic E-state index is 0.0707. The number of anilines is 1. The molecule has 2 aliphatic rings. The van der Waals surface area contributed by atoms with E-state index in [1.807, 2.05) is 49.3 Å². The Morgan fingerprint density at radius 3 is 1.98 bits per heavy atom. The van der Waals surface area contributed by atoms with Gasteiger partial charge in [0.1, 0.15) is 6.54 Å². The minimum atomic E-state index is -4.50. The Balaban J connectivity index is 1.59. The molecule has 4 rings (SSSR count). The van der Waals surface area contributed by atoms with Gasteiger partial charge in [-0.3, -0.25) is 13.7 Å². The topological polar surface area (TPSA) is 291 Å². The quantitative estimate of drug-likeness (QED) is 0.0242. The van der Waals surface area contributed by atoms with Gasteiger partial charge in [-0.05, 0) is 87.9 Å². The number of nitrogens with two attached hydrogens (primary N) is 1. The highest BCUT2D eigenvalue weighted by atomic mass is 32.2. The molecule has 2 aliphatic heterocycles. The van der Waals surface area contributed by atoms with Gasteiger partial charge in [-0.2, -0.15) is 44.1 Å². The number of sulfonamides is 1. The normalized spacial score (nSPS) is 17.5. The molecule has 23 heteroatoms. The van der Waals surface area contributed by atoms with Crippen LogP contribution in [0.2, 0.25) is 0 Å². The summed E-state index contributed by atoms with van der Waals surface area (Å²) in [7, 11) is -20.5. The zero-order valence-corrected chi connectivity index (χ0v) is 39.4. The molecule has 346 valence electrons. The van der Waals surface area contributed by atoms with Gasteiger partial charge in [-0.1, -0.05) is 44.9 Å². The van der Waals surface area contributed by atoms with Crippen molar-refractivity contribution in [3.05, 3.63) is 83.6 Å². The van der Waals surface area contributed by atoms with Gasteiger partial charge in [0.15, 0.2) is 5.71 Å². The maximum Gasteiger partial charge on any atom is 0.493 e. The molecule has 0 unspecified atom stereocenters. The van der Waals surface area contributed by atoms with E-state index < -0.39 is 70.8 Å². The van der Waals surface area contributed by atoms with Crippen LogP contribution < -0.4 is 15.1 Å². The van der Waals surface area contributed by atoms with Crippen LogP contribution in [0.4, 0.5) is 11.4 Å². The maximum atomic E-state index is 13.4. The van der Waals surface area contributed by atoms with Crippen LogP contribution in [0.1, 0.15) is 90.2 Å². The average Bonchev–Trinajstić information content (AvgIpc) is 3.48. The Hall–Kier alpha value is -2.96. The molecule has 0 aliphatic carbocycles. The fourth-order valence-corrected chi connectivity index (χ4v) is 10.8. The van der Waals surface area contributed by atoms with Crippen molar-refractivity contribution < 1.29 is 66.2 Å². The van der Waals surface area contributed by atoms with Gasteiger partial charge >= 0.3 is 8.09 Å². The highest BCUT2D eigenvalue weighted by molar-refractivity contribution is 7.89. The van der Waals surface area contributed by atoms with Gasteiger partial charge in [0.25, 0.3) is 30.4 Å². The molecule has 2 heterocycles. The van der Waals surface area contributed by atoms with Crippen LogP contribution in [0, 0.1) is 0 Å². The van der Waals surface area contributed by atoms with Crippen LogP contribution in [-0.2, 0) is 55.7 Å². The van der Waals surface area contributed by atoms with Crippen molar-refractivity contribution in [2.45, 2.75) is 99.7 Å². The summed E-state index contributed by atoms with van der Waals surface area (Å²) < 4.78 is 134. The monoisotopic (exact) mass is 966 g/mol. The number of fused-ring (bicyclic) bond motifs is 2. The first-order valence-corrected chi connectivity index (χ1v) is 27.8. The van der Waals surface area contributed by atoms with Gasteiger partial charge in [0.2, 0.25) is 15.7 Å². The molecule has 0 spiro atoms. The highest BCUT2D eigenvalue weighted by Gasteiger charge is 2.45. The van der Waals surface area contributed by atoms with Crippen molar-refractivity contribution in [3.8, 4) is 0 Å². The molecule has 0 aromatic heterocycles. The lowest BCUT2D eigenvalue weighted by atomic mass is 9.81. The van der Waals surface area contributed by atoms with Gasteiger partial charge < -0.3 is 4.90 Å². The summed E-state index contributed by atoms with van der Waals surface area (Å²) in [5.41, 5.74) is 7.94. The largest absolute Gasteiger partial charge is 0.493 e. The van der Waals surface area contributed by atoms with Crippen molar-refractivity contribution >= 4 is 65.6 Å². The second kappa shape index (κ2) is 20.5. The molecule has 0 saturated carbocycles. The first-order chi connectivity index (χ1) is 28.5. The van der Waals surface area contributed by atoms with Crippen LogP contribution in [0.5, 0.6) is 0 Å². The molecule has 0 radical (unpaired) electrons. The molecular formula is C39H59N4O14PS4+2. The lowest BCUT2D eigenvalue weighted by Crippen LogP contribution is -2.28. The number of allylic oxidation sites excluding steroid dienone is 6. The molecular weight excluding hydrogens is 908 g/mol. The highest BCUT2D eigenvalue weighted by Crippen LogP contribution is 2.49. The van der Waals surface area contributed by atoms with E-state index in [4.69, 9.17) is 19.8 Å². The lowest BCUT2D eigenvalue weighted by Gasteiger charge is -2.27. The molecule has 62 heavy (non-hydrogen) atoms. The van der Waals surface area contributed by atoms with Crippen molar-refractivity contribution in [1.29, 1.82) is 0 Å². The molecule has 18 nitrogen and oxygen atoms in total. The number of nitrogens with zero attached hydrogens (tertiary/aromatic N) is 2. The predicted octanol–water partition coefficient (Wildman–Crippen LogP) is 4.92. The summed E-state index contributed by atoms with van der Waals surface area (Å²) in [6.45, 7) is 8.67. The molecule has 0 bridgehead atoms. The lowest BCUT2D eigenvalue weighted by molar-refractivity contribution is -0.438. The minimum Gasteiger partial charge on any atom is -0.344 e. The molecule has 2 aromatic rings. The summed E-state index contributed by atoms with van der Waals surface area (Å²) in [6, 6.07) is 9.17. The molecule has 0 amide bonds. The first-order valence-electron chi connectivity index (χ1n) is 20.0. The van der Waals surface area contributed by atoms with Crippen LogP contribution in [-0.4, -0.2) is 105 Å². The number of benzene rings is 2. The van der Waals surface area contributed by atoms with Crippen molar-refractivity contribution in [2.75, 3.05) is 42.6 Å². The van der Waals surface area contributed by atoms with E-state index in [2.05, 4.69) is 4.72 Å². The van der Waals surface area contributed by atoms with Gasteiger partial charge in [0, 0.05) is 54.0 Å². The Labute approximate surface area is 366 Å². The third-order valence-corrected chi connectivity index (χ3v) is 15.3. The van der Waals surface area contributed by atoms with Crippen LogP contribution in [0.15, 0.2) is 82.3 Å². The summed E-state index contributed by atoms with van der Waals surface area (Å²) in [4.78, 5) is 20.0. The van der Waals surface area contributed by atoms with Crippen LogP contribution in [0.25, 0.3) is 0 Å². The molecule has 8 N–H and O–H groups in total. The van der Waals surface area contributed by atoms with Gasteiger partial charge in [0.05, 0.1) is 33.3 Å². The van der Waals surface area contributed by atoms with E-state index in [0.717, 1.165) is 22.7 Å². The third-order valence-electron chi connectivity index (χ3n) is 10.8. The maximum absolute atomic E-state index is 13.4. The molecule has 0 fully saturated rings. The third kappa shape index (κ3) is 14.3. The zero-order chi connectivity index (χ0) is 46.4. The van der Waals surface area contributed by atoms with Gasteiger partial charge in [-0.15, -0.1) is 5.50 Å². The van der Waals surface area contributed by atoms with E-state index in [9.17, 15) is 47.3 Å². The number of unbranched alkanes of at least 4 members (excludes halogenated alkanes) is 5. The summed E-state index contributed by atoms with van der Waals surface area (Å²) in [6.07, 6.45) is 12.7. The standard InChI is InChI=1S/C39H57N4O14PS4/c1-38(2)32-28-30(61(52,53)41-22-10-5-6-13-25-57-58(40,44)45)18-20-34(32)42(23-11-14-26-59(46,47)48)36(38)16-8-7-9-17-37-39(3,4)33-29-31(62(54,55)56)19-21-35(33)43(37)24-12-15-27-60(49,50)51/h7-9,16-21,28-29,41,44-45H,5-6,10-15,22-27,40H2,1-4H3,(H-2,46,47,48,49,50,51,54,55,56)/p+2. The Bertz CT molecular complexity index is 2530. The first kappa shape index (κ1) is 51.7. The molecule has 0 saturated heterocycles. The van der Waals surface area contributed by atoms with E-state index in [0.29, 0.717) is 62.9 Å². The number of nitrogens with one attached hydrogen (secondary N) is 1. The molecule has 0 atom stereocenters. The summed E-state index contributed by atoms with van der Waals surface area (Å²) in [5.74, 6) is -0.824. The van der Waals surface area contributed by atoms with Crippen molar-refractivity contribution in [1.82, 2.24) is 4.72 Å². The number of hydrogen-bond donors (Lipinski definition) is 7. The summed E-state index contributed by atoms with van der Waals surface area (Å²) in [5, 5.41) is 0. The fourth-order valence-electron chi connectivity index (χ4n) is 7.65. The Morgan fingerprint density at radius 2 is 1.35 bits per heavy atom. The van der Waals surface area contributed by atoms with Crippen LogP contribution >= 0.6 is 8.09 Å². The SMILES string of the molecule is CC1(C)C(/C=C/C=C/C=C2/N(CCCCS(=O)(=O)O)c3ccc(S(=O)(=O)O)cc3C2(C)C)=[N+](CCCCS(=O)(=O)O)c2ccc(S(=O)(=O)NCCCCCCO[P+](N)(O)O)cc21. The van der Waals surface area contributed by atoms with Crippen molar-refractivity contribution in [3.63, 3.8) is 0 Å². The van der Waals surface area contributed by atoms with Gasteiger partial charge in [-0.25, -0.2) is 13.1 Å². The summed E-state index contributed by atoms with van der Waals surface area (Å²) >= 11 is 0. The smallest absolute Gasteiger partial charge is 0.344 e. The van der Waals surface area contributed by atoms with E-state index >= 15 is 0 Å². The van der Waals surface area contributed by atoms with E-state index in [1.54, 1.807) is 36.4 Å². The van der Waals surface area contributed by atoms with Crippen LogP contribution in [0.3, 0.4) is 0 Å².